The lowest BCUT2D eigenvalue weighted by Crippen LogP contribution is -2.13. The van der Waals surface area contributed by atoms with Crippen LogP contribution in [0.1, 0.15) is 15.9 Å². The van der Waals surface area contributed by atoms with Crippen LogP contribution in [0.3, 0.4) is 0 Å². The van der Waals surface area contributed by atoms with Gasteiger partial charge in [0.15, 0.2) is 5.82 Å². The van der Waals surface area contributed by atoms with Gasteiger partial charge in [-0.25, -0.2) is 0 Å². The molecule has 1 aromatic carbocycles. The third-order valence-electron chi connectivity index (χ3n) is 2.33. The number of hydrogen-bond acceptors (Lipinski definition) is 3. The van der Waals surface area contributed by atoms with Gasteiger partial charge in [0.25, 0.3) is 5.91 Å². The molecule has 17 heavy (non-hydrogen) atoms. The molecule has 1 aromatic heterocycles. The molecule has 1 heterocycles. The second-order valence-corrected chi connectivity index (χ2v) is 4.03. The Balaban J connectivity index is 2.20. The Morgan fingerprint density at radius 3 is 2.88 bits per heavy atom. The molecule has 2 aromatic rings. The molecule has 88 valence electrons. The summed E-state index contributed by atoms with van der Waals surface area (Å²) in [7, 11) is 0. The number of rotatable bonds is 2. The molecular formula is C11H11ClN4O. The van der Waals surface area contributed by atoms with Gasteiger partial charge in [-0.05, 0) is 30.7 Å². The first-order valence-electron chi connectivity index (χ1n) is 4.94. The van der Waals surface area contributed by atoms with E-state index < -0.39 is 0 Å². The number of carbonyl (C=O) groups is 1. The average molecular weight is 251 g/mol. The van der Waals surface area contributed by atoms with Crippen molar-refractivity contribution >= 4 is 29.0 Å². The van der Waals surface area contributed by atoms with E-state index in [-0.39, 0.29) is 5.91 Å². The number of anilines is 2. The Hall–Kier alpha value is -2.01. The molecule has 1 amide bonds. The number of halogens is 1. The summed E-state index contributed by atoms with van der Waals surface area (Å²) in [6.45, 7) is 1.84. The Morgan fingerprint density at radius 2 is 2.29 bits per heavy atom. The van der Waals surface area contributed by atoms with Crippen LogP contribution in [-0.4, -0.2) is 16.1 Å². The maximum Gasteiger partial charge on any atom is 0.256 e. The van der Waals surface area contributed by atoms with Crippen LogP contribution in [0, 0.1) is 6.92 Å². The van der Waals surface area contributed by atoms with Crippen molar-refractivity contribution in [3.63, 3.8) is 0 Å². The van der Waals surface area contributed by atoms with Crippen LogP contribution in [0.4, 0.5) is 11.5 Å². The van der Waals surface area contributed by atoms with Crippen molar-refractivity contribution in [1.82, 2.24) is 10.2 Å². The average Bonchev–Trinajstić information content (AvgIpc) is 2.68. The quantitative estimate of drug-likeness (QED) is 0.764. The molecule has 0 unspecified atom stereocenters. The summed E-state index contributed by atoms with van der Waals surface area (Å²) in [4.78, 5) is 11.9. The molecule has 0 bridgehead atoms. The third-order valence-corrected chi connectivity index (χ3v) is 2.75. The van der Waals surface area contributed by atoms with Gasteiger partial charge in [-0.2, -0.15) is 5.10 Å². The van der Waals surface area contributed by atoms with Crippen molar-refractivity contribution in [3.05, 3.63) is 40.5 Å². The molecule has 0 atom stereocenters. The van der Waals surface area contributed by atoms with Crippen molar-refractivity contribution in [2.45, 2.75) is 6.92 Å². The van der Waals surface area contributed by atoms with Gasteiger partial charge < -0.3 is 11.1 Å². The molecular weight excluding hydrogens is 240 g/mol. The maximum atomic E-state index is 11.9. The molecule has 2 rings (SSSR count). The molecule has 0 aliphatic carbocycles. The van der Waals surface area contributed by atoms with E-state index in [1.54, 1.807) is 18.2 Å². The number of aryl methyl sites for hydroxylation is 1. The standard InChI is InChI=1S/C11H11ClN4O/c1-6-4-7(2-3-8(6)12)11(17)15-10-9(13)5-14-16-10/h2-5H,13H2,1H3,(H2,14,15,16,17). The lowest BCUT2D eigenvalue weighted by molar-refractivity contribution is 0.102. The zero-order valence-corrected chi connectivity index (χ0v) is 9.88. The van der Waals surface area contributed by atoms with E-state index in [9.17, 15) is 4.79 Å². The fourth-order valence-corrected chi connectivity index (χ4v) is 1.48. The van der Waals surface area contributed by atoms with Crippen LogP contribution in [0.5, 0.6) is 0 Å². The first-order valence-corrected chi connectivity index (χ1v) is 5.32. The van der Waals surface area contributed by atoms with Crippen LogP contribution >= 0.6 is 11.6 Å². The van der Waals surface area contributed by atoms with Crippen LogP contribution in [0.15, 0.2) is 24.4 Å². The Bertz CT molecular complexity index is 564. The number of nitrogens with one attached hydrogen (secondary N) is 2. The third kappa shape index (κ3) is 2.39. The lowest BCUT2D eigenvalue weighted by Gasteiger charge is -2.05. The number of H-pyrrole nitrogens is 1. The van der Waals surface area contributed by atoms with Gasteiger partial charge in [-0.1, -0.05) is 11.6 Å². The Labute approximate surface area is 103 Å². The molecule has 0 fully saturated rings. The smallest absolute Gasteiger partial charge is 0.256 e. The van der Waals surface area contributed by atoms with E-state index in [4.69, 9.17) is 17.3 Å². The molecule has 0 aliphatic rings. The fourth-order valence-electron chi connectivity index (χ4n) is 1.37. The molecule has 5 nitrogen and oxygen atoms in total. The van der Waals surface area contributed by atoms with Gasteiger partial charge in [0.05, 0.1) is 11.9 Å². The van der Waals surface area contributed by atoms with Crippen LogP contribution in [0.2, 0.25) is 5.02 Å². The predicted octanol–water partition coefficient (Wildman–Crippen LogP) is 2.21. The largest absolute Gasteiger partial charge is 0.394 e. The van der Waals surface area contributed by atoms with Crippen LogP contribution < -0.4 is 11.1 Å². The number of nitrogens with two attached hydrogens (primary N) is 1. The number of aromatic nitrogens is 2. The van der Waals surface area contributed by atoms with E-state index in [0.717, 1.165) is 5.56 Å². The summed E-state index contributed by atoms with van der Waals surface area (Å²) < 4.78 is 0. The van der Waals surface area contributed by atoms with E-state index in [1.807, 2.05) is 6.92 Å². The summed E-state index contributed by atoms with van der Waals surface area (Å²) in [6.07, 6.45) is 1.43. The van der Waals surface area contributed by atoms with Gasteiger partial charge in [0.1, 0.15) is 0 Å². The number of nitrogen functional groups attached to an aromatic ring is 1. The minimum Gasteiger partial charge on any atom is -0.394 e. The summed E-state index contributed by atoms with van der Waals surface area (Å²) >= 11 is 5.89. The van der Waals surface area contributed by atoms with E-state index >= 15 is 0 Å². The molecule has 0 spiro atoms. The second-order valence-electron chi connectivity index (χ2n) is 3.62. The van der Waals surface area contributed by atoms with Crippen molar-refractivity contribution in [3.8, 4) is 0 Å². The molecule has 0 radical (unpaired) electrons. The van der Waals surface area contributed by atoms with Crippen molar-refractivity contribution in [2.24, 2.45) is 0 Å². The highest BCUT2D eigenvalue weighted by atomic mass is 35.5. The summed E-state index contributed by atoms with van der Waals surface area (Å²) in [5, 5.41) is 9.57. The zero-order chi connectivity index (χ0) is 12.4. The Morgan fingerprint density at radius 1 is 1.53 bits per heavy atom. The first-order chi connectivity index (χ1) is 8.08. The van der Waals surface area contributed by atoms with Gasteiger partial charge >= 0.3 is 0 Å². The van der Waals surface area contributed by atoms with E-state index in [2.05, 4.69) is 15.5 Å². The number of nitrogens with zero attached hydrogens (tertiary/aromatic N) is 1. The maximum absolute atomic E-state index is 11.9. The molecule has 0 saturated carbocycles. The van der Waals surface area contributed by atoms with Crippen LogP contribution in [-0.2, 0) is 0 Å². The predicted molar refractivity (Wildman–Crippen MR) is 67.1 cm³/mol. The topological polar surface area (TPSA) is 83.8 Å². The van der Waals surface area contributed by atoms with Gasteiger partial charge in [-0.3, -0.25) is 9.89 Å². The molecule has 4 N–H and O–H groups in total. The van der Waals surface area contributed by atoms with Crippen molar-refractivity contribution in [1.29, 1.82) is 0 Å². The molecule has 6 heteroatoms. The van der Waals surface area contributed by atoms with Crippen molar-refractivity contribution < 1.29 is 4.79 Å². The van der Waals surface area contributed by atoms with Gasteiger partial charge in [0.2, 0.25) is 0 Å². The summed E-state index contributed by atoms with van der Waals surface area (Å²) in [5.74, 6) is 0.128. The normalized spacial score (nSPS) is 10.2. The summed E-state index contributed by atoms with van der Waals surface area (Å²) in [5.41, 5.74) is 7.34. The number of benzene rings is 1. The zero-order valence-electron chi connectivity index (χ0n) is 9.12. The molecule has 0 saturated heterocycles. The van der Waals surface area contributed by atoms with E-state index in [1.165, 1.54) is 6.20 Å². The highest BCUT2D eigenvalue weighted by molar-refractivity contribution is 6.31. The lowest BCUT2D eigenvalue weighted by atomic mass is 10.1. The number of aromatic amines is 1. The monoisotopic (exact) mass is 250 g/mol. The first kappa shape index (κ1) is 11.5. The van der Waals surface area contributed by atoms with Crippen molar-refractivity contribution in [2.75, 3.05) is 11.1 Å². The number of carbonyl (C=O) groups excluding carboxylic acids is 1. The summed E-state index contributed by atoms with van der Waals surface area (Å²) in [6, 6.07) is 5.05. The molecule has 0 aliphatic heterocycles. The SMILES string of the molecule is Cc1cc(C(=O)Nc2[nH]ncc2N)ccc1Cl. The number of hydrogen-bond donors (Lipinski definition) is 3. The van der Waals surface area contributed by atoms with Gasteiger partial charge in [-0.15, -0.1) is 0 Å². The highest BCUT2D eigenvalue weighted by Gasteiger charge is 2.10. The van der Waals surface area contributed by atoms with Gasteiger partial charge in [0, 0.05) is 10.6 Å². The second kappa shape index (κ2) is 4.47. The van der Waals surface area contributed by atoms with E-state index in [0.29, 0.717) is 22.1 Å². The Kier molecular flexibility index (Phi) is 3.01. The van der Waals surface area contributed by atoms with Crippen LogP contribution in [0.25, 0.3) is 0 Å². The minimum atomic E-state index is -0.263. The number of amides is 1. The highest BCUT2D eigenvalue weighted by Crippen LogP contribution is 2.18. The minimum absolute atomic E-state index is 0.263. The fraction of sp³-hybridized carbons (Fsp3) is 0.0909.